The van der Waals surface area contributed by atoms with E-state index in [1.165, 1.54) is 12.7 Å². The summed E-state index contributed by atoms with van der Waals surface area (Å²) in [7, 11) is 0.727. The van der Waals surface area contributed by atoms with Gasteiger partial charge in [-0.3, -0.25) is 9.59 Å². The highest BCUT2D eigenvalue weighted by Crippen LogP contribution is 2.00. The van der Waals surface area contributed by atoms with Gasteiger partial charge in [-0.05, 0) is 0 Å². The van der Waals surface area contributed by atoms with E-state index in [4.69, 9.17) is 0 Å². The third-order valence-electron chi connectivity index (χ3n) is 1.07. The summed E-state index contributed by atoms with van der Waals surface area (Å²) in [5.41, 5.74) is 0. The van der Waals surface area contributed by atoms with Crippen molar-refractivity contribution in [1.82, 2.24) is 0 Å². The van der Waals surface area contributed by atoms with E-state index in [1.807, 2.05) is 0 Å². The van der Waals surface area contributed by atoms with Gasteiger partial charge in [0.2, 0.25) is 5.78 Å². The van der Waals surface area contributed by atoms with Gasteiger partial charge in [0.25, 0.3) is 0 Å². The van der Waals surface area contributed by atoms with Crippen LogP contribution in [0.1, 0.15) is 0 Å². The fraction of sp³-hybridized carbons (Fsp3) is 0.200. The van der Waals surface area contributed by atoms with Gasteiger partial charge in [0, 0.05) is 12.7 Å². The van der Waals surface area contributed by atoms with Gasteiger partial charge in [0.1, 0.15) is 7.28 Å². The molecule has 1 aliphatic heterocycles. The summed E-state index contributed by atoms with van der Waals surface area (Å²) < 4.78 is 0. The van der Waals surface area contributed by atoms with Crippen LogP contribution in [0.3, 0.4) is 0 Å². The van der Waals surface area contributed by atoms with Crippen molar-refractivity contribution in [3.8, 4) is 0 Å². The molecule has 1 fully saturated rings. The molecule has 0 aromatic heterocycles. The fourth-order valence-electron chi connectivity index (χ4n) is 0.630. The quantitative estimate of drug-likeness (QED) is 0.305. The van der Waals surface area contributed by atoms with Crippen LogP contribution in [0.5, 0.6) is 0 Å². The lowest BCUT2D eigenvalue weighted by atomic mass is 9.63. The molecule has 0 aromatic carbocycles. The Morgan fingerprint density at radius 3 is 2.50 bits per heavy atom. The van der Waals surface area contributed by atoms with E-state index < -0.39 is 0 Å². The van der Waals surface area contributed by atoms with E-state index >= 15 is 0 Å². The van der Waals surface area contributed by atoms with Gasteiger partial charge < -0.3 is 0 Å². The molecule has 8 heavy (non-hydrogen) atoms. The van der Waals surface area contributed by atoms with Crippen molar-refractivity contribution in [3.63, 3.8) is 0 Å². The average Bonchev–Trinajstić information content (AvgIpc) is 1.77. The van der Waals surface area contributed by atoms with Crippen molar-refractivity contribution in [3.05, 3.63) is 12.7 Å². The Balaban J connectivity index is 2.52. The summed E-state index contributed by atoms with van der Waals surface area (Å²) in [6.45, 7) is 0. The van der Waals surface area contributed by atoms with Gasteiger partial charge in [-0.2, -0.15) is 0 Å². The van der Waals surface area contributed by atoms with Crippen molar-refractivity contribution in [2.24, 2.45) is 0 Å². The highest BCUT2D eigenvalue weighted by Gasteiger charge is 2.18. The summed E-state index contributed by atoms with van der Waals surface area (Å²) in [5, 5.41) is 0. The smallest absolute Gasteiger partial charge is 0.200 e. The zero-order chi connectivity index (χ0) is 5.98. The Morgan fingerprint density at radius 2 is 2.12 bits per heavy atom. The van der Waals surface area contributed by atoms with Crippen LogP contribution in [0.4, 0.5) is 0 Å². The van der Waals surface area contributed by atoms with Crippen LogP contribution in [0.2, 0.25) is 6.32 Å². The molecule has 0 N–H and O–H groups in total. The van der Waals surface area contributed by atoms with Crippen molar-refractivity contribution in [1.29, 1.82) is 0 Å². The van der Waals surface area contributed by atoms with Crippen LogP contribution < -0.4 is 0 Å². The first kappa shape index (κ1) is 5.54. The largest absolute Gasteiger partial charge is 0.291 e. The van der Waals surface area contributed by atoms with E-state index in [0.717, 1.165) is 13.6 Å². The normalized spacial score (nSPS) is 20.5. The van der Waals surface area contributed by atoms with Gasteiger partial charge in [0.15, 0.2) is 5.78 Å². The molecule has 2 radical (unpaired) electrons. The maximum absolute atomic E-state index is 10.4. The maximum atomic E-state index is 10.4. The third kappa shape index (κ3) is 0.969. The zero-order valence-electron chi connectivity index (χ0n) is 4.39. The predicted molar refractivity (Wildman–Crippen MR) is 30.6 cm³/mol. The van der Waals surface area contributed by atoms with E-state index in [1.54, 1.807) is 0 Å². The van der Waals surface area contributed by atoms with Gasteiger partial charge in [-0.25, -0.2) is 0 Å². The average molecular weight is 108 g/mol. The van der Waals surface area contributed by atoms with Crippen LogP contribution in [0.15, 0.2) is 0 Å². The Bertz CT molecular complexity index is 114. The fourth-order valence-corrected chi connectivity index (χ4v) is 0.630. The van der Waals surface area contributed by atoms with E-state index in [0.29, 0.717) is 0 Å². The number of rotatable bonds is 0. The van der Waals surface area contributed by atoms with Gasteiger partial charge in [-0.1, -0.05) is 6.32 Å². The first-order chi connectivity index (χ1) is 3.80. The molecule has 0 spiro atoms. The number of carbonyl (C=O) groups excluding carboxylic acids is 2. The van der Waals surface area contributed by atoms with Crippen LogP contribution in [0, 0.1) is 12.7 Å². The molecule has 1 rings (SSSR count). The highest BCUT2D eigenvalue weighted by molar-refractivity contribution is 6.63. The molecule has 40 valence electrons. The molecule has 0 aliphatic carbocycles. The van der Waals surface area contributed by atoms with Crippen molar-refractivity contribution in [2.45, 2.75) is 6.32 Å². The maximum Gasteiger partial charge on any atom is 0.200 e. The van der Waals surface area contributed by atoms with Crippen molar-refractivity contribution < 1.29 is 9.59 Å². The second kappa shape index (κ2) is 2.12. The standard InChI is InChI=1S/C5H5BO2/c7-4-1-2-6-3-5(4)8/h1,3,6H,2H2. The molecular weight excluding hydrogens is 103 g/mol. The summed E-state index contributed by atoms with van der Waals surface area (Å²) in [6.07, 6.45) is 3.59. The second-order valence-electron chi connectivity index (χ2n) is 1.71. The lowest BCUT2D eigenvalue weighted by molar-refractivity contribution is -0.132. The molecular formula is C5H5BO2. The van der Waals surface area contributed by atoms with E-state index in [2.05, 4.69) is 0 Å². The summed E-state index contributed by atoms with van der Waals surface area (Å²) in [5.74, 6) is -0.701. The molecule has 2 nitrogen and oxygen atoms in total. The Labute approximate surface area is 48.5 Å². The molecule has 1 saturated heterocycles. The topological polar surface area (TPSA) is 34.1 Å². The molecule has 1 aliphatic rings. The molecule has 0 saturated carbocycles. The SMILES string of the molecule is O=C1[CH]BC[CH]C1=O. The third-order valence-corrected chi connectivity index (χ3v) is 1.07. The Morgan fingerprint density at radius 1 is 1.38 bits per heavy atom. The first-order valence-corrected chi connectivity index (χ1v) is 2.55. The summed E-state index contributed by atoms with van der Waals surface area (Å²) in [6, 6.07) is 0. The number of hydrogen-bond donors (Lipinski definition) is 0. The van der Waals surface area contributed by atoms with E-state index in [-0.39, 0.29) is 11.6 Å². The van der Waals surface area contributed by atoms with Gasteiger partial charge in [-0.15, -0.1) is 0 Å². The highest BCUT2D eigenvalue weighted by atomic mass is 16.2. The molecule has 0 bridgehead atoms. The van der Waals surface area contributed by atoms with E-state index in [9.17, 15) is 9.59 Å². The molecule has 0 aromatic rings. The van der Waals surface area contributed by atoms with Crippen molar-refractivity contribution in [2.75, 3.05) is 0 Å². The summed E-state index contributed by atoms with van der Waals surface area (Å²) in [4.78, 5) is 20.7. The predicted octanol–water partition coefficient (Wildman–Crippen LogP) is -0.641. The Hall–Kier alpha value is -0.595. The lowest BCUT2D eigenvalue weighted by Gasteiger charge is -2.02. The minimum atomic E-state index is -0.351. The molecule has 3 heteroatoms. The molecule has 0 atom stereocenters. The summed E-state index contributed by atoms with van der Waals surface area (Å²) >= 11 is 0. The second-order valence-corrected chi connectivity index (χ2v) is 1.71. The molecule has 1 heterocycles. The minimum absolute atomic E-state index is 0.351. The van der Waals surface area contributed by atoms with Crippen LogP contribution in [-0.2, 0) is 9.59 Å². The molecule has 0 unspecified atom stereocenters. The number of hydrogen-bond acceptors (Lipinski definition) is 2. The Kier molecular flexibility index (Phi) is 1.46. The first-order valence-electron chi connectivity index (χ1n) is 2.55. The zero-order valence-corrected chi connectivity index (χ0v) is 4.39. The molecule has 0 amide bonds. The lowest BCUT2D eigenvalue weighted by Crippen LogP contribution is -2.23. The van der Waals surface area contributed by atoms with Crippen LogP contribution in [0.25, 0.3) is 0 Å². The van der Waals surface area contributed by atoms with Gasteiger partial charge >= 0.3 is 0 Å². The van der Waals surface area contributed by atoms with Gasteiger partial charge in [0.05, 0.1) is 0 Å². The number of carbonyl (C=O) groups is 2. The number of ketones is 2. The monoisotopic (exact) mass is 108 g/mol. The number of Topliss-reactive ketones (excluding diaryl/α,β-unsaturated/α-hetero) is 2. The van der Waals surface area contributed by atoms with Crippen LogP contribution in [-0.4, -0.2) is 18.8 Å². The van der Waals surface area contributed by atoms with Crippen LogP contribution >= 0.6 is 0 Å². The minimum Gasteiger partial charge on any atom is -0.291 e. The van der Waals surface area contributed by atoms with Crippen molar-refractivity contribution >= 4 is 18.8 Å².